The molecule has 7 heteroatoms. The predicted octanol–water partition coefficient (Wildman–Crippen LogP) is -0.617. The summed E-state index contributed by atoms with van der Waals surface area (Å²) in [5.74, 6) is -1.49. The number of aromatic nitrogens is 1. The fraction of sp³-hybridized carbons (Fsp3) is 0.130. The topological polar surface area (TPSA) is 97.4 Å². The molecule has 0 saturated carbocycles. The predicted molar refractivity (Wildman–Crippen MR) is 109 cm³/mol. The van der Waals surface area contributed by atoms with Crippen molar-refractivity contribution in [3.8, 4) is 5.75 Å². The third kappa shape index (κ3) is 3.93. The largest absolute Gasteiger partial charge is 1.00 e. The standard InChI is InChI=1S/C23H20N2O4.Li/c1-14-10-18-22(19(11-14)29-13-20(26)27)21-16(23(24)28)8-5-9-17(21)25(18)12-15-6-3-2-4-7-15;/h2-11H,12-13H2,1H3,(H2,24,28)(H,26,27);/q;+1/p-1. The molecular formula is C23H19LiN2O4. The molecule has 1 heterocycles. The molecule has 0 aliphatic carbocycles. The third-order valence-electron chi connectivity index (χ3n) is 4.89. The van der Waals surface area contributed by atoms with Gasteiger partial charge in [-0.25, -0.2) is 0 Å². The molecule has 0 aliphatic heterocycles. The SMILES string of the molecule is Cc1cc(OCC(=O)[O-])c2c3c(C(N)=O)cccc3n(Cc3ccccc3)c2c1.[Li+]. The van der Waals surface area contributed by atoms with E-state index < -0.39 is 18.5 Å². The Morgan fingerprint density at radius 3 is 2.40 bits per heavy atom. The first kappa shape index (κ1) is 21.5. The van der Waals surface area contributed by atoms with Gasteiger partial charge in [-0.3, -0.25) is 4.79 Å². The summed E-state index contributed by atoms with van der Waals surface area (Å²) >= 11 is 0. The molecule has 0 spiro atoms. The number of fused-ring (bicyclic) bond motifs is 3. The number of primary amides is 1. The summed E-state index contributed by atoms with van der Waals surface area (Å²) in [4.78, 5) is 23.1. The second kappa shape index (κ2) is 8.66. The van der Waals surface area contributed by atoms with E-state index >= 15 is 0 Å². The van der Waals surface area contributed by atoms with Crippen molar-refractivity contribution in [2.75, 3.05) is 6.61 Å². The van der Waals surface area contributed by atoms with Crippen molar-refractivity contribution in [2.24, 2.45) is 5.73 Å². The fourth-order valence-corrected chi connectivity index (χ4v) is 3.75. The van der Waals surface area contributed by atoms with Crippen LogP contribution in [-0.2, 0) is 11.3 Å². The van der Waals surface area contributed by atoms with Crippen molar-refractivity contribution in [3.05, 3.63) is 77.4 Å². The van der Waals surface area contributed by atoms with Crippen LogP contribution >= 0.6 is 0 Å². The number of hydrogen-bond donors (Lipinski definition) is 1. The average molecular weight is 394 g/mol. The Hall–Kier alpha value is -3.20. The van der Waals surface area contributed by atoms with Gasteiger partial charge in [0.15, 0.2) is 0 Å². The first-order valence-corrected chi connectivity index (χ1v) is 9.17. The second-order valence-electron chi connectivity index (χ2n) is 6.95. The molecule has 0 fully saturated rings. The first-order chi connectivity index (χ1) is 14.0. The molecule has 0 bridgehead atoms. The van der Waals surface area contributed by atoms with Crippen LogP contribution in [0.25, 0.3) is 21.8 Å². The number of aryl methyl sites for hydroxylation is 1. The number of nitrogens with two attached hydrogens (primary N) is 1. The van der Waals surface area contributed by atoms with E-state index in [0.29, 0.717) is 28.6 Å². The molecular weight excluding hydrogens is 375 g/mol. The number of nitrogens with zero attached hydrogens (tertiary/aromatic N) is 1. The summed E-state index contributed by atoms with van der Waals surface area (Å²) in [6.45, 7) is 1.90. The van der Waals surface area contributed by atoms with Gasteiger partial charge in [-0.2, -0.15) is 0 Å². The van der Waals surface area contributed by atoms with E-state index in [9.17, 15) is 14.7 Å². The van der Waals surface area contributed by atoms with E-state index in [2.05, 4.69) is 4.57 Å². The Morgan fingerprint density at radius 2 is 1.73 bits per heavy atom. The number of carboxylic acid groups (broad SMARTS) is 1. The van der Waals surface area contributed by atoms with Gasteiger partial charge in [-0.15, -0.1) is 0 Å². The minimum absolute atomic E-state index is 0. The summed E-state index contributed by atoms with van der Waals surface area (Å²) in [6, 6.07) is 19.1. The van der Waals surface area contributed by atoms with E-state index in [-0.39, 0.29) is 18.9 Å². The Kier molecular flexibility index (Phi) is 6.21. The van der Waals surface area contributed by atoms with Crippen molar-refractivity contribution >= 4 is 33.7 Å². The van der Waals surface area contributed by atoms with Gasteiger partial charge in [0.2, 0.25) is 5.91 Å². The maximum absolute atomic E-state index is 12.1. The normalized spacial score (nSPS) is 10.7. The number of rotatable bonds is 6. The van der Waals surface area contributed by atoms with Crippen molar-refractivity contribution in [3.63, 3.8) is 0 Å². The fourth-order valence-electron chi connectivity index (χ4n) is 3.75. The molecule has 6 nitrogen and oxygen atoms in total. The number of hydrogen-bond acceptors (Lipinski definition) is 4. The quantitative estimate of drug-likeness (QED) is 0.441. The molecule has 0 aliphatic rings. The molecule has 0 radical (unpaired) electrons. The van der Waals surface area contributed by atoms with Gasteiger partial charge in [0.25, 0.3) is 0 Å². The third-order valence-corrected chi connectivity index (χ3v) is 4.89. The van der Waals surface area contributed by atoms with Crippen molar-refractivity contribution < 1.29 is 38.3 Å². The van der Waals surface area contributed by atoms with Gasteiger partial charge in [-0.05, 0) is 42.3 Å². The average Bonchev–Trinajstić information content (AvgIpc) is 3.00. The van der Waals surface area contributed by atoms with E-state index in [1.165, 1.54) is 0 Å². The van der Waals surface area contributed by atoms with Gasteiger partial charge in [0, 0.05) is 17.5 Å². The van der Waals surface area contributed by atoms with Crippen LogP contribution in [-0.4, -0.2) is 23.1 Å². The van der Waals surface area contributed by atoms with Crippen LogP contribution in [0.3, 0.4) is 0 Å². The summed E-state index contributed by atoms with van der Waals surface area (Å²) in [6.07, 6.45) is 0. The maximum Gasteiger partial charge on any atom is 1.00 e. The molecule has 146 valence electrons. The number of amides is 1. The minimum Gasteiger partial charge on any atom is -0.546 e. The number of benzene rings is 3. The van der Waals surface area contributed by atoms with Crippen LogP contribution in [0.4, 0.5) is 0 Å². The smallest absolute Gasteiger partial charge is 0.546 e. The number of ether oxygens (including phenoxy) is 1. The Morgan fingerprint density at radius 1 is 1.00 bits per heavy atom. The minimum atomic E-state index is -1.32. The zero-order valence-electron chi connectivity index (χ0n) is 16.8. The molecule has 3 aromatic carbocycles. The van der Waals surface area contributed by atoms with Crippen molar-refractivity contribution in [1.29, 1.82) is 0 Å². The van der Waals surface area contributed by atoms with Gasteiger partial charge >= 0.3 is 18.9 Å². The molecule has 1 amide bonds. The molecule has 0 atom stereocenters. The zero-order chi connectivity index (χ0) is 20.5. The van der Waals surface area contributed by atoms with E-state index in [1.807, 2.05) is 49.4 Å². The summed E-state index contributed by atoms with van der Waals surface area (Å²) in [7, 11) is 0. The maximum atomic E-state index is 12.1. The van der Waals surface area contributed by atoms with E-state index in [4.69, 9.17) is 10.5 Å². The van der Waals surface area contributed by atoms with Crippen LogP contribution in [0.15, 0.2) is 60.7 Å². The molecule has 2 N–H and O–H groups in total. The summed E-state index contributed by atoms with van der Waals surface area (Å²) < 4.78 is 7.63. The Labute approximate surface area is 185 Å². The molecule has 30 heavy (non-hydrogen) atoms. The molecule has 4 rings (SSSR count). The van der Waals surface area contributed by atoms with Crippen LogP contribution in [0.5, 0.6) is 5.75 Å². The Bertz CT molecular complexity index is 1250. The molecule has 4 aromatic rings. The summed E-state index contributed by atoms with van der Waals surface area (Å²) in [5.41, 5.74) is 9.66. The zero-order valence-corrected chi connectivity index (χ0v) is 16.8. The van der Waals surface area contributed by atoms with Gasteiger partial charge < -0.3 is 24.9 Å². The number of carbonyl (C=O) groups excluding carboxylic acids is 2. The second-order valence-corrected chi connectivity index (χ2v) is 6.95. The molecule has 1 aromatic heterocycles. The van der Waals surface area contributed by atoms with Crippen molar-refractivity contribution in [1.82, 2.24) is 4.57 Å². The van der Waals surface area contributed by atoms with Crippen LogP contribution < -0.4 is 34.4 Å². The van der Waals surface area contributed by atoms with E-state index in [1.54, 1.807) is 18.2 Å². The van der Waals surface area contributed by atoms with E-state index in [0.717, 1.165) is 22.2 Å². The number of carboxylic acids is 1. The van der Waals surface area contributed by atoms with Crippen LogP contribution in [0.2, 0.25) is 0 Å². The van der Waals surface area contributed by atoms with Gasteiger partial charge in [0.1, 0.15) is 12.4 Å². The Balaban J connectivity index is 0.00000256. The molecule has 0 unspecified atom stereocenters. The number of carbonyl (C=O) groups is 2. The van der Waals surface area contributed by atoms with Crippen molar-refractivity contribution in [2.45, 2.75) is 13.5 Å². The first-order valence-electron chi connectivity index (χ1n) is 9.17. The van der Waals surface area contributed by atoms with Gasteiger partial charge in [0.05, 0.1) is 22.4 Å². The molecule has 0 saturated heterocycles. The van der Waals surface area contributed by atoms with Gasteiger partial charge in [-0.1, -0.05) is 36.4 Å². The van der Waals surface area contributed by atoms with Crippen LogP contribution in [0.1, 0.15) is 21.5 Å². The number of aliphatic carboxylic acids is 1. The van der Waals surface area contributed by atoms with Crippen LogP contribution in [0, 0.1) is 6.92 Å². The monoisotopic (exact) mass is 394 g/mol. The summed E-state index contributed by atoms with van der Waals surface area (Å²) in [5, 5.41) is 12.3.